The molecule has 11 heteroatoms. The van der Waals surface area contributed by atoms with Crippen LogP contribution in [0, 0.1) is 11.7 Å². The zero-order valence-corrected chi connectivity index (χ0v) is 23.0. The minimum atomic E-state index is -4.23. The Bertz CT molecular complexity index is 1500. The molecule has 2 aromatic carbocycles. The van der Waals surface area contributed by atoms with E-state index in [-0.39, 0.29) is 18.9 Å². The summed E-state index contributed by atoms with van der Waals surface area (Å²) in [5, 5.41) is 6.44. The number of carbonyl (C=O) groups excluding carboxylic acids is 3. The van der Waals surface area contributed by atoms with Gasteiger partial charge in [-0.05, 0) is 49.4 Å². The number of sulfonamides is 1. The SMILES string of the molecule is CC(C)CC(NC(=O)c1cc2ccccc2n1C)C(=O)N[C@H]1CCCN(S(=O)(=O)c2ccccc2F)CC1=O. The van der Waals surface area contributed by atoms with Crippen molar-refractivity contribution in [3.63, 3.8) is 0 Å². The molecule has 0 aliphatic carbocycles. The molecular weight excluding hydrogens is 523 g/mol. The molecule has 39 heavy (non-hydrogen) atoms. The molecule has 3 aromatic rings. The van der Waals surface area contributed by atoms with Crippen LogP contribution in [0.1, 0.15) is 43.6 Å². The van der Waals surface area contributed by atoms with Crippen LogP contribution >= 0.6 is 0 Å². The maximum Gasteiger partial charge on any atom is 0.268 e. The average Bonchev–Trinajstić information content (AvgIpc) is 3.11. The maximum atomic E-state index is 14.2. The number of carbonyl (C=O) groups is 3. The van der Waals surface area contributed by atoms with E-state index >= 15 is 0 Å². The Balaban J connectivity index is 1.47. The topological polar surface area (TPSA) is 118 Å². The van der Waals surface area contributed by atoms with Gasteiger partial charge in [-0.15, -0.1) is 0 Å². The van der Waals surface area contributed by atoms with Gasteiger partial charge in [-0.1, -0.05) is 44.2 Å². The first-order valence-corrected chi connectivity index (χ1v) is 14.4. The van der Waals surface area contributed by atoms with Crippen molar-refractivity contribution in [1.82, 2.24) is 19.5 Å². The van der Waals surface area contributed by atoms with Crippen molar-refractivity contribution in [3.8, 4) is 0 Å². The first kappa shape index (κ1) is 28.4. The lowest BCUT2D eigenvalue weighted by Crippen LogP contribution is -2.52. The maximum absolute atomic E-state index is 14.2. The number of aromatic nitrogens is 1. The largest absolute Gasteiger partial charge is 0.344 e. The van der Waals surface area contributed by atoms with E-state index < -0.39 is 57.0 Å². The lowest BCUT2D eigenvalue weighted by molar-refractivity contribution is -0.129. The summed E-state index contributed by atoms with van der Waals surface area (Å²) in [5.74, 6) is -2.25. The molecule has 1 saturated heterocycles. The van der Waals surface area contributed by atoms with Crippen molar-refractivity contribution in [2.75, 3.05) is 13.1 Å². The van der Waals surface area contributed by atoms with Crippen molar-refractivity contribution in [2.24, 2.45) is 13.0 Å². The molecule has 9 nitrogen and oxygen atoms in total. The van der Waals surface area contributed by atoms with Crippen LogP contribution in [-0.2, 0) is 26.7 Å². The zero-order valence-electron chi connectivity index (χ0n) is 22.2. The third-order valence-electron chi connectivity index (χ3n) is 6.91. The Morgan fingerprint density at radius 1 is 1.10 bits per heavy atom. The fraction of sp³-hybridized carbons (Fsp3) is 0.393. The lowest BCUT2D eigenvalue weighted by atomic mass is 10.0. The summed E-state index contributed by atoms with van der Waals surface area (Å²) in [4.78, 5) is 39.0. The first-order chi connectivity index (χ1) is 18.5. The van der Waals surface area contributed by atoms with Crippen molar-refractivity contribution < 1.29 is 27.2 Å². The predicted molar refractivity (Wildman–Crippen MR) is 145 cm³/mol. The average molecular weight is 557 g/mol. The molecular formula is C28H33FN4O5S. The van der Waals surface area contributed by atoms with Gasteiger partial charge in [0.25, 0.3) is 5.91 Å². The van der Waals surface area contributed by atoms with Crippen molar-refractivity contribution >= 4 is 38.5 Å². The minimum Gasteiger partial charge on any atom is -0.344 e. The van der Waals surface area contributed by atoms with Gasteiger partial charge < -0.3 is 15.2 Å². The van der Waals surface area contributed by atoms with Crippen LogP contribution in [-0.4, -0.2) is 60.1 Å². The number of hydrogen-bond acceptors (Lipinski definition) is 5. The van der Waals surface area contributed by atoms with Crippen molar-refractivity contribution in [1.29, 1.82) is 0 Å². The third-order valence-corrected chi connectivity index (χ3v) is 8.78. The van der Waals surface area contributed by atoms with Gasteiger partial charge in [0.15, 0.2) is 5.78 Å². The number of nitrogens with one attached hydrogen (secondary N) is 2. The number of para-hydroxylation sites is 1. The van der Waals surface area contributed by atoms with E-state index in [4.69, 9.17) is 0 Å². The number of benzene rings is 2. The molecule has 2 atom stereocenters. The molecule has 2 heterocycles. The van der Waals surface area contributed by atoms with E-state index in [2.05, 4.69) is 10.6 Å². The summed E-state index contributed by atoms with van der Waals surface area (Å²) >= 11 is 0. The second-order valence-electron chi connectivity index (χ2n) is 10.2. The molecule has 2 amide bonds. The fourth-order valence-corrected chi connectivity index (χ4v) is 6.37. The molecule has 0 radical (unpaired) electrons. The Hall–Kier alpha value is -3.57. The number of hydrogen-bond donors (Lipinski definition) is 2. The van der Waals surface area contributed by atoms with Crippen molar-refractivity contribution in [3.05, 3.63) is 66.1 Å². The smallest absolute Gasteiger partial charge is 0.268 e. The number of Topliss-reactive ketones (excluding diaryl/α,β-unsaturated/α-hetero) is 1. The monoisotopic (exact) mass is 556 g/mol. The van der Waals surface area contributed by atoms with Gasteiger partial charge in [0.05, 0.1) is 12.6 Å². The highest BCUT2D eigenvalue weighted by molar-refractivity contribution is 7.89. The molecule has 0 saturated carbocycles. The Morgan fingerprint density at radius 2 is 1.79 bits per heavy atom. The van der Waals surface area contributed by atoms with Gasteiger partial charge in [0, 0.05) is 24.5 Å². The van der Waals surface area contributed by atoms with Gasteiger partial charge in [-0.2, -0.15) is 4.31 Å². The number of nitrogens with zero attached hydrogens (tertiary/aromatic N) is 2. The molecule has 2 N–H and O–H groups in total. The number of fused-ring (bicyclic) bond motifs is 1. The van der Waals surface area contributed by atoms with E-state index in [1.807, 2.05) is 38.1 Å². The van der Waals surface area contributed by atoms with E-state index in [1.165, 1.54) is 12.1 Å². The third kappa shape index (κ3) is 6.20. The van der Waals surface area contributed by atoms with Gasteiger partial charge in [0.2, 0.25) is 15.9 Å². The summed E-state index contributed by atoms with van der Waals surface area (Å²) in [7, 11) is -2.45. The summed E-state index contributed by atoms with van der Waals surface area (Å²) in [6.07, 6.45) is 0.858. The Labute approximate surface area is 227 Å². The molecule has 1 aliphatic rings. The second-order valence-corrected chi connectivity index (χ2v) is 12.1. The van der Waals surface area contributed by atoms with Crippen LogP contribution in [0.2, 0.25) is 0 Å². The highest BCUT2D eigenvalue weighted by Crippen LogP contribution is 2.22. The van der Waals surface area contributed by atoms with Crippen LogP contribution in [0.5, 0.6) is 0 Å². The molecule has 1 aliphatic heterocycles. The Morgan fingerprint density at radius 3 is 2.49 bits per heavy atom. The predicted octanol–water partition coefficient (Wildman–Crippen LogP) is 3.00. The van der Waals surface area contributed by atoms with Gasteiger partial charge in [-0.3, -0.25) is 14.4 Å². The minimum absolute atomic E-state index is 0.0159. The second kappa shape index (κ2) is 11.7. The number of aryl methyl sites for hydroxylation is 1. The standard InChI is InChI=1S/C28H33FN4O5S/c1-18(2)15-22(31-28(36)24-16-19-9-4-6-12-23(19)32(24)3)27(35)30-21-11-8-14-33(17-25(21)34)39(37,38)26-13-7-5-10-20(26)29/h4-7,9-10,12-13,16,18,21-22H,8,11,14-15,17H2,1-3H3,(H,30,35)(H,31,36)/t21-,22?/m0/s1. The van der Waals surface area contributed by atoms with E-state index in [1.54, 1.807) is 17.7 Å². The lowest BCUT2D eigenvalue weighted by Gasteiger charge is -2.23. The molecule has 208 valence electrons. The highest BCUT2D eigenvalue weighted by Gasteiger charge is 2.35. The molecule has 1 aromatic heterocycles. The number of amides is 2. The number of halogens is 1. The fourth-order valence-electron chi connectivity index (χ4n) is 4.86. The van der Waals surface area contributed by atoms with Gasteiger partial charge in [0.1, 0.15) is 22.4 Å². The number of ketones is 1. The van der Waals surface area contributed by atoms with E-state index in [0.717, 1.165) is 27.3 Å². The summed E-state index contributed by atoms with van der Waals surface area (Å²) in [6, 6.07) is 12.5. The van der Waals surface area contributed by atoms with Crippen LogP contribution in [0.3, 0.4) is 0 Å². The molecule has 0 spiro atoms. The normalized spacial score (nSPS) is 17.7. The summed E-state index contributed by atoms with van der Waals surface area (Å²) in [5.41, 5.74) is 1.28. The molecule has 0 bridgehead atoms. The quantitative estimate of drug-likeness (QED) is 0.442. The van der Waals surface area contributed by atoms with E-state index in [0.29, 0.717) is 18.5 Å². The van der Waals surface area contributed by atoms with Crippen LogP contribution < -0.4 is 10.6 Å². The molecule has 4 rings (SSSR count). The van der Waals surface area contributed by atoms with Crippen LogP contribution in [0.25, 0.3) is 10.9 Å². The molecule has 1 fully saturated rings. The van der Waals surface area contributed by atoms with Gasteiger partial charge >= 0.3 is 0 Å². The van der Waals surface area contributed by atoms with Crippen molar-refractivity contribution in [2.45, 2.75) is 50.1 Å². The first-order valence-electron chi connectivity index (χ1n) is 12.9. The number of rotatable bonds is 8. The van der Waals surface area contributed by atoms with E-state index in [9.17, 15) is 27.2 Å². The van der Waals surface area contributed by atoms with Crippen LogP contribution in [0.15, 0.2) is 59.5 Å². The van der Waals surface area contributed by atoms with Gasteiger partial charge in [-0.25, -0.2) is 12.8 Å². The Kier molecular flexibility index (Phi) is 8.51. The summed E-state index contributed by atoms with van der Waals surface area (Å²) < 4.78 is 42.9. The highest BCUT2D eigenvalue weighted by atomic mass is 32.2. The summed E-state index contributed by atoms with van der Waals surface area (Å²) in [6.45, 7) is 3.37. The van der Waals surface area contributed by atoms with Crippen LogP contribution in [0.4, 0.5) is 4.39 Å². The zero-order chi connectivity index (χ0) is 28.3. The molecule has 1 unspecified atom stereocenters.